The van der Waals surface area contributed by atoms with Crippen LogP contribution in [0.15, 0.2) is 64.6 Å². The van der Waals surface area contributed by atoms with Crippen molar-refractivity contribution in [1.82, 2.24) is 4.90 Å². The Morgan fingerprint density at radius 2 is 2.12 bits per heavy atom. The molecule has 0 radical (unpaired) electrons. The summed E-state index contributed by atoms with van der Waals surface area (Å²) in [5.74, 6) is 0.895. The number of aryl methyl sites for hydroxylation is 1. The van der Waals surface area contributed by atoms with Crippen molar-refractivity contribution in [1.29, 1.82) is 0 Å². The van der Waals surface area contributed by atoms with Gasteiger partial charge in [-0.25, -0.2) is 0 Å². The summed E-state index contributed by atoms with van der Waals surface area (Å²) in [4.78, 5) is 3.43. The van der Waals surface area contributed by atoms with Gasteiger partial charge >= 0.3 is 0 Å². The Hall–Kier alpha value is -2.11. The second kappa shape index (κ2) is 7.64. The number of thiocarbonyl (C=S) groups is 1. The molecule has 0 saturated heterocycles. The number of rotatable bonds is 5. The first-order chi connectivity index (χ1) is 11.6. The maximum absolute atomic E-state index is 5.70. The van der Waals surface area contributed by atoms with Crippen LogP contribution in [0.3, 0.4) is 0 Å². The van der Waals surface area contributed by atoms with E-state index in [4.69, 9.17) is 16.6 Å². The van der Waals surface area contributed by atoms with Gasteiger partial charge in [0.15, 0.2) is 5.11 Å². The van der Waals surface area contributed by atoms with Crippen molar-refractivity contribution in [3.05, 3.63) is 76.4 Å². The average Bonchev–Trinajstić information content (AvgIpc) is 3.25. The van der Waals surface area contributed by atoms with Gasteiger partial charge < -0.3 is 14.6 Å². The molecule has 1 atom stereocenters. The van der Waals surface area contributed by atoms with Crippen LogP contribution in [0.1, 0.15) is 29.2 Å². The normalized spacial score (nSPS) is 11.9. The van der Waals surface area contributed by atoms with Crippen molar-refractivity contribution in [2.45, 2.75) is 26.4 Å². The van der Waals surface area contributed by atoms with E-state index in [1.807, 2.05) is 24.3 Å². The molecule has 5 heteroatoms. The van der Waals surface area contributed by atoms with Crippen LogP contribution in [0, 0.1) is 6.92 Å². The molecule has 1 aromatic carbocycles. The van der Waals surface area contributed by atoms with E-state index in [9.17, 15) is 0 Å². The van der Waals surface area contributed by atoms with Crippen LogP contribution in [0.5, 0.6) is 0 Å². The van der Waals surface area contributed by atoms with Crippen LogP contribution in [-0.4, -0.2) is 10.0 Å². The molecule has 0 bridgehead atoms. The highest BCUT2D eigenvalue weighted by molar-refractivity contribution is 7.80. The summed E-state index contributed by atoms with van der Waals surface area (Å²) in [6.07, 6.45) is 1.69. The Morgan fingerprint density at radius 1 is 1.25 bits per heavy atom. The van der Waals surface area contributed by atoms with Crippen LogP contribution >= 0.6 is 23.6 Å². The standard InChI is InChI=1S/C19H20N2OS2/c1-14-6-3-7-16(12-14)20-19(23)21(13-17-8-4-10-22-17)15(2)18-9-5-11-24-18/h3-12,15H,13H2,1-2H3,(H,20,23)/t15-/m0/s1. The molecule has 24 heavy (non-hydrogen) atoms. The maximum Gasteiger partial charge on any atom is 0.174 e. The molecule has 0 aliphatic rings. The molecule has 124 valence electrons. The third-order valence-corrected chi connectivity index (χ3v) is 5.24. The number of thiophene rings is 1. The molecule has 2 heterocycles. The molecule has 3 nitrogen and oxygen atoms in total. The van der Waals surface area contributed by atoms with Crippen LogP contribution in [0.25, 0.3) is 0 Å². The van der Waals surface area contributed by atoms with Gasteiger partial charge in [0.05, 0.1) is 18.8 Å². The summed E-state index contributed by atoms with van der Waals surface area (Å²) in [5.41, 5.74) is 2.20. The predicted octanol–water partition coefficient (Wildman–Crippen LogP) is 5.61. The molecule has 0 unspecified atom stereocenters. The number of anilines is 1. The van der Waals surface area contributed by atoms with Gasteiger partial charge in [-0.3, -0.25) is 0 Å². The fourth-order valence-corrected chi connectivity index (χ4v) is 3.69. The maximum atomic E-state index is 5.70. The van der Waals surface area contributed by atoms with E-state index < -0.39 is 0 Å². The molecule has 0 fully saturated rings. The van der Waals surface area contributed by atoms with Crippen LogP contribution < -0.4 is 5.32 Å². The zero-order valence-electron chi connectivity index (χ0n) is 13.7. The molecular formula is C19H20N2OS2. The quantitative estimate of drug-likeness (QED) is 0.602. The lowest BCUT2D eigenvalue weighted by molar-refractivity contribution is 0.306. The van der Waals surface area contributed by atoms with E-state index >= 15 is 0 Å². The predicted molar refractivity (Wildman–Crippen MR) is 104 cm³/mol. The first kappa shape index (κ1) is 16.7. The van der Waals surface area contributed by atoms with E-state index in [0.717, 1.165) is 11.4 Å². The molecule has 0 aliphatic carbocycles. The summed E-state index contributed by atoms with van der Waals surface area (Å²) in [6.45, 7) is 4.87. The highest BCUT2D eigenvalue weighted by Crippen LogP contribution is 2.27. The van der Waals surface area contributed by atoms with Crippen LogP contribution in [0.4, 0.5) is 5.69 Å². The van der Waals surface area contributed by atoms with E-state index in [2.05, 4.69) is 53.7 Å². The zero-order chi connectivity index (χ0) is 16.9. The van der Waals surface area contributed by atoms with Crippen molar-refractivity contribution >= 4 is 34.4 Å². The molecule has 0 spiro atoms. The lowest BCUT2D eigenvalue weighted by Crippen LogP contribution is -2.36. The van der Waals surface area contributed by atoms with Gasteiger partial charge in [-0.2, -0.15) is 0 Å². The van der Waals surface area contributed by atoms with Crippen LogP contribution in [0.2, 0.25) is 0 Å². The number of nitrogens with one attached hydrogen (secondary N) is 1. The fourth-order valence-electron chi connectivity index (χ4n) is 2.56. The van der Waals surface area contributed by atoms with Gasteiger partial charge in [0, 0.05) is 10.6 Å². The van der Waals surface area contributed by atoms with Crippen molar-refractivity contribution in [3.8, 4) is 0 Å². The minimum atomic E-state index is 0.167. The number of hydrogen-bond donors (Lipinski definition) is 1. The van der Waals surface area contributed by atoms with Crippen LogP contribution in [-0.2, 0) is 6.54 Å². The first-order valence-corrected chi connectivity index (χ1v) is 9.12. The van der Waals surface area contributed by atoms with Gasteiger partial charge in [-0.1, -0.05) is 18.2 Å². The Kier molecular flexibility index (Phi) is 5.33. The van der Waals surface area contributed by atoms with Crippen molar-refractivity contribution in [2.24, 2.45) is 0 Å². The second-order valence-electron chi connectivity index (χ2n) is 5.70. The van der Waals surface area contributed by atoms with Crippen molar-refractivity contribution in [3.63, 3.8) is 0 Å². The number of nitrogens with zero attached hydrogens (tertiary/aromatic N) is 1. The highest BCUT2D eigenvalue weighted by atomic mass is 32.1. The van der Waals surface area contributed by atoms with E-state index in [0.29, 0.717) is 11.7 Å². The lowest BCUT2D eigenvalue weighted by Gasteiger charge is -2.30. The van der Waals surface area contributed by atoms with Gasteiger partial charge in [-0.05, 0) is 67.3 Å². The topological polar surface area (TPSA) is 28.4 Å². The van der Waals surface area contributed by atoms with E-state index in [1.54, 1.807) is 17.6 Å². The largest absolute Gasteiger partial charge is 0.467 e. The van der Waals surface area contributed by atoms with Crippen molar-refractivity contribution < 1.29 is 4.42 Å². The molecule has 1 N–H and O–H groups in total. The SMILES string of the molecule is Cc1cccc(NC(=S)N(Cc2ccco2)[C@@H](C)c2cccs2)c1. The summed E-state index contributed by atoms with van der Waals surface area (Å²) >= 11 is 7.44. The highest BCUT2D eigenvalue weighted by Gasteiger charge is 2.21. The summed E-state index contributed by atoms with van der Waals surface area (Å²) in [7, 11) is 0. The number of hydrogen-bond acceptors (Lipinski definition) is 3. The number of benzene rings is 1. The third kappa shape index (κ3) is 4.04. The van der Waals surface area contributed by atoms with Gasteiger partial charge in [0.2, 0.25) is 0 Å². The van der Waals surface area contributed by atoms with E-state index in [-0.39, 0.29) is 6.04 Å². The Balaban J connectivity index is 1.81. The third-order valence-electron chi connectivity index (χ3n) is 3.86. The Morgan fingerprint density at radius 3 is 2.79 bits per heavy atom. The molecule has 2 aromatic heterocycles. The second-order valence-corrected chi connectivity index (χ2v) is 7.06. The average molecular weight is 357 g/mol. The van der Waals surface area contributed by atoms with Gasteiger partial charge in [0.25, 0.3) is 0 Å². The summed E-state index contributed by atoms with van der Waals surface area (Å²) < 4.78 is 5.53. The minimum Gasteiger partial charge on any atom is -0.467 e. The lowest BCUT2D eigenvalue weighted by atomic mass is 10.2. The smallest absolute Gasteiger partial charge is 0.174 e. The molecule has 0 saturated carbocycles. The molecule has 3 rings (SSSR count). The summed E-state index contributed by atoms with van der Waals surface area (Å²) in [6, 6.07) is 16.5. The molecule has 0 aliphatic heterocycles. The fraction of sp³-hybridized carbons (Fsp3) is 0.211. The molecule has 0 amide bonds. The summed E-state index contributed by atoms with van der Waals surface area (Å²) in [5, 5.41) is 6.14. The molecule has 3 aromatic rings. The first-order valence-electron chi connectivity index (χ1n) is 7.83. The van der Waals surface area contributed by atoms with E-state index in [1.165, 1.54) is 10.4 Å². The minimum absolute atomic E-state index is 0.167. The van der Waals surface area contributed by atoms with Crippen molar-refractivity contribution in [2.75, 3.05) is 5.32 Å². The zero-order valence-corrected chi connectivity index (χ0v) is 15.4. The monoisotopic (exact) mass is 356 g/mol. The number of furan rings is 1. The van der Waals surface area contributed by atoms with Gasteiger partial charge in [-0.15, -0.1) is 11.3 Å². The molecular weight excluding hydrogens is 336 g/mol. The Bertz CT molecular complexity index is 782. The Labute approximate surface area is 151 Å². The van der Waals surface area contributed by atoms with Gasteiger partial charge in [0.1, 0.15) is 5.76 Å².